The molecule has 0 aliphatic rings. The fourth-order valence-corrected chi connectivity index (χ4v) is 1.46. The predicted molar refractivity (Wildman–Crippen MR) is 64.8 cm³/mol. The molecule has 0 fully saturated rings. The molecule has 0 radical (unpaired) electrons. The fourth-order valence-electron chi connectivity index (χ4n) is 0.990. The van der Waals surface area contributed by atoms with E-state index in [0.717, 1.165) is 12.1 Å². The Balaban J connectivity index is 3.17. The van der Waals surface area contributed by atoms with Gasteiger partial charge < -0.3 is 0 Å². The molecule has 0 unspecified atom stereocenters. The summed E-state index contributed by atoms with van der Waals surface area (Å²) in [6, 6.07) is 4.47. The molecule has 10 heteroatoms. The van der Waals surface area contributed by atoms with Gasteiger partial charge in [-0.1, -0.05) is 28.9 Å². The first kappa shape index (κ1) is 16.1. The van der Waals surface area contributed by atoms with E-state index in [1.807, 2.05) is 0 Å². The highest BCUT2D eigenvalue weighted by atomic mass is 35.5. The largest absolute Gasteiger partial charge is 0.437 e. The molecule has 1 rings (SSSR count). The molecule has 0 amide bonds. The highest BCUT2D eigenvalue weighted by Gasteiger charge is 2.38. The number of oxime groups is 1. The summed E-state index contributed by atoms with van der Waals surface area (Å²) in [6.07, 6.45) is -4.89. The van der Waals surface area contributed by atoms with Crippen molar-refractivity contribution in [1.29, 1.82) is 0 Å². The van der Waals surface area contributed by atoms with Crippen molar-refractivity contribution in [2.45, 2.75) is 6.18 Å². The molecule has 106 valence electrons. The van der Waals surface area contributed by atoms with E-state index >= 15 is 0 Å². The molecule has 0 heterocycles. The summed E-state index contributed by atoms with van der Waals surface area (Å²) < 4.78 is 63.7. The lowest BCUT2D eigenvalue weighted by atomic mass is 10.1. The van der Waals surface area contributed by atoms with Crippen LogP contribution < -0.4 is 0 Å². The zero-order valence-electron chi connectivity index (χ0n) is 8.99. The van der Waals surface area contributed by atoms with Gasteiger partial charge in [0.25, 0.3) is 0 Å². The molecule has 0 saturated heterocycles. The first-order chi connectivity index (χ1) is 8.65. The van der Waals surface area contributed by atoms with Crippen molar-refractivity contribution < 1.29 is 25.9 Å². The Hall–Kier alpha value is -0.990. The Kier molecular flexibility index (Phi) is 5.05. The van der Waals surface area contributed by atoms with E-state index in [2.05, 4.69) is 9.44 Å². The molecule has 0 aliphatic heterocycles. The second-order valence-electron chi connectivity index (χ2n) is 3.19. The molecule has 0 saturated carbocycles. The van der Waals surface area contributed by atoms with Gasteiger partial charge in [-0.05, 0) is 12.1 Å². The average molecular weight is 336 g/mol. The second kappa shape index (κ2) is 5.98. The number of hydrogen-bond acceptors (Lipinski definition) is 4. The lowest BCUT2D eigenvalue weighted by Gasteiger charge is -2.09. The molecule has 19 heavy (non-hydrogen) atoms. The summed E-state index contributed by atoms with van der Waals surface area (Å²) >= 11 is 10.5. The highest BCUT2D eigenvalue weighted by molar-refractivity contribution is 7.87. The van der Waals surface area contributed by atoms with Crippen LogP contribution in [0.25, 0.3) is 0 Å². The molecule has 0 spiro atoms. The van der Waals surface area contributed by atoms with Crippen molar-refractivity contribution in [3.8, 4) is 0 Å². The monoisotopic (exact) mass is 335 g/mol. The second-order valence-corrected chi connectivity index (χ2v) is 5.76. The van der Waals surface area contributed by atoms with Crippen molar-refractivity contribution in [3.05, 3.63) is 34.9 Å². The van der Waals surface area contributed by atoms with Crippen LogP contribution in [0, 0.1) is 0 Å². The van der Waals surface area contributed by atoms with E-state index < -0.39 is 27.2 Å². The number of alkyl halides is 4. The van der Waals surface area contributed by atoms with Crippen LogP contribution in [0.1, 0.15) is 5.56 Å². The Morgan fingerprint density at radius 2 is 1.79 bits per heavy atom. The number of nitrogens with zero attached hydrogens (tertiary/aromatic N) is 1. The van der Waals surface area contributed by atoms with Crippen LogP contribution in [0.2, 0.25) is 5.02 Å². The Morgan fingerprint density at radius 3 is 2.21 bits per heavy atom. The summed E-state index contributed by atoms with van der Waals surface area (Å²) in [6.45, 7) is 0. The van der Waals surface area contributed by atoms with Crippen molar-refractivity contribution in [2.24, 2.45) is 5.16 Å². The molecule has 0 aromatic heterocycles. The maximum absolute atomic E-state index is 12.7. The summed E-state index contributed by atoms with van der Waals surface area (Å²) in [4.78, 5) is 0. The third-order valence-corrected chi connectivity index (χ3v) is 3.38. The van der Waals surface area contributed by atoms with Gasteiger partial charge in [0.2, 0.25) is 0 Å². The van der Waals surface area contributed by atoms with Crippen LogP contribution >= 0.6 is 23.2 Å². The van der Waals surface area contributed by atoms with Gasteiger partial charge in [0.05, 0.1) is 0 Å². The topological polar surface area (TPSA) is 55.7 Å². The van der Waals surface area contributed by atoms with E-state index in [1.54, 1.807) is 0 Å². The third kappa shape index (κ3) is 4.88. The number of rotatable bonds is 4. The zero-order valence-corrected chi connectivity index (χ0v) is 11.3. The molecule has 0 bridgehead atoms. The first-order valence-electron chi connectivity index (χ1n) is 4.54. The van der Waals surface area contributed by atoms with Crippen molar-refractivity contribution in [3.63, 3.8) is 0 Å². The maximum atomic E-state index is 12.7. The van der Waals surface area contributed by atoms with E-state index in [9.17, 15) is 21.6 Å². The summed E-state index contributed by atoms with van der Waals surface area (Å²) in [5.41, 5.74) is -1.89. The van der Waals surface area contributed by atoms with Crippen LogP contribution in [-0.2, 0) is 14.4 Å². The zero-order chi connectivity index (χ0) is 14.7. The molecule has 0 N–H and O–H groups in total. The van der Waals surface area contributed by atoms with Gasteiger partial charge in [-0.2, -0.15) is 21.6 Å². The van der Waals surface area contributed by atoms with Crippen molar-refractivity contribution in [2.75, 3.05) is 5.21 Å². The number of halogens is 5. The van der Waals surface area contributed by atoms with Gasteiger partial charge in [0.1, 0.15) is 0 Å². The minimum atomic E-state index is -4.89. The minimum absolute atomic E-state index is 0.222. The van der Waals surface area contributed by atoms with Crippen LogP contribution in [0.5, 0.6) is 0 Å². The molecule has 0 atom stereocenters. The average Bonchev–Trinajstić information content (AvgIpc) is 2.30. The number of hydrogen-bond donors (Lipinski definition) is 0. The Morgan fingerprint density at radius 1 is 1.26 bits per heavy atom. The normalized spacial score (nSPS) is 13.4. The van der Waals surface area contributed by atoms with E-state index in [0.29, 0.717) is 0 Å². The van der Waals surface area contributed by atoms with Crippen molar-refractivity contribution >= 4 is 39.0 Å². The predicted octanol–water partition coefficient (Wildman–Crippen LogP) is 3.15. The quantitative estimate of drug-likeness (QED) is 0.482. The van der Waals surface area contributed by atoms with Crippen LogP contribution in [0.3, 0.4) is 0 Å². The third-order valence-electron chi connectivity index (χ3n) is 1.76. The molecular formula is C9H6Cl2F3NO3S. The Labute approximate surface area is 116 Å². The molecule has 4 nitrogen and oxygen atoms in total. The lowest BCUT2D eigenvalue weighted by Crippen LogP contribution is -2.25. The molecular weight excluding hydrogens is 330 g/mol. The van der Waals surface area contributed by atoms with E-state index in [4.69, 9.17) is 23.2 Å². The fraction of sp³-hybridized carbons (Fsp3) is 0.222. The summed E-state index contributed by atoms with van der Waals surface area (Å²) in [5.74, 6) is 0. The standard InChI is InChI=1S/C9H6Cl2F3NO3S/c10-5-19(16,17)18-15-8(9(12,13)14)6-1-3-7(11)4-2-6/h1-4H,5H2. The van der Waals surface area contributed by atoms with Gasteiger partial charge in [-0.3, -0.25) is 4.28 Å². The Bertz CT molecular complexity index is 569. The SMILES string of the molecule is O=S(=O)(CCl)ON=C(c1ccc(Cl)cc1)C(F)(F)F. The van der Waals surface area contributed by atoms with Gasteiger partial charge in [0.15, 0.2) is 10.9 Å². The lowest BCUT2D eigenvalue weighted by molar-refractivity contribution is -0.0596. The molecule has 1 aromatic carbocycles. The van der Waals surface area contributed by atoms with Gasteiger partial charge in [0, 0.05) is 10.6 Å². The molecule has 0 aliphatic carbocycles. The van der Waals surface area contributed by atoms with Gasteiger partial charge in [-0.25, -0.2) is 0 Å². The minimum Gasteiger partial charge on any atom is -0.267 e. The maximum Gasteiger partial charge on any atom is 0.437 e. The molecule has 1 aromatic rings. The van der Waals surface area contributed by atoms with Crippen molar-refractivity contribution in [1.82, 2.24) is 0 Å². The van der Waals surface area contributed by atoms with Crippen LogP contribution in [0.4, 0.5) is 13.2 Å². The first-order valence-corrected chi connectivity index (χ1v) is 7.03. The summed E-state index contributed by atoms with van der Waals surface area (Å²) in [5, 5.41) is 1.82. The smallest absolute Gasteiger partial charge is 0.267 e. The van der Waals surface area contributed by atoms with Crippen LogP contribution in [0.15, 0.2) is 29.4 Å². The number of benzene rings is 1. The van der Waals surface area contributed by atoms with E-state index in [1.165, 1.54) is 12.1 Å². The van der Waals surface area contributed by atoms with Crippen LogP contribution in [-0.4, -0.2) is 25.5 Å². The van der Waals surface area contributed by atoms with Gasteiger partial charge >= 0.3 is 16.3 Å². The highest BCUT2D eigenvalue weighted by Crippen LogP contribution is 2.24. The van der Waals surface area contributed by atoms with E-state index in [-0.39, 0.29) is 10.6 Å². The van der Waals surface area contributed by atoms with Gasteiger partial charge in [-0.15, -0.1) is 11.6 Å². The summed E-state index contributed by atoms with van der Waals surface area (Å²) in [7, 11) is -4.34.